The molecule has 0 fully saturated rings. The quantitative estimate of drug-likeness (QED) is 0.389. The fourth-order valence-electron chi connectivity index (χ4n) is 3.52. The van der Waals surface area contributed by atoms with Crippen LogP contribution in [0.2, 0.25) is 0 Å². The van der Waals surface area contributed by atoms with Crippen LogP contribution >= 0.6 is 0 Å². The van der Waals surface area contributed by atoms with Crippen molar-refractivity contribution >= 4 is 21.5 Å². The molecule has 3 aromatic carbocycles. The van der Waals surface area contributed by atoms with E-state index in [1.54, 1.807) is 0 Å². The van der Waals surface area contributed by atoms with Crippen molar-refractivity contribution in [3.63, 3.8) is 0 Å². The summed E-state index contributed by atoms with van der Waals surface area (Å²) in [7, 11) is 0. The van der Waals surface area contributed by atoms with Crippen LogP contribution in [0.1, 0.15) is 0 Å². The van der Waals surface area contributed by atoms with E-state index in [0.717, 1.165) is 21.9 Å². The summed E-state index contributed by atoms with van der Waals surface area (Å²) < 4.78 is 0. The highest BCUT2D eigenvalue weighted by Crippen LogP contribution is 2.31. The third kappa shape index (κ3) is 2.44. The summed E-state index contributed by atoms with van der Waals surface area (Å²) in [4.78, 5) is 8.80. The van der Waals surface area contributed by atoms with E-state index in [-0.39, 0.29) is 0 Å². The Morgan fingerprint density at radius 2 is 0.846 bits per heavy atom. The molecule has 5 rings (SSSR count). The molecule has 0 aliphatic heterocycles. The van der Waals surface area contributed by atoms with E-state index in [4.69, 9.17) is 0 Å². The number of hydrogen-bond acceptors (Lipinski definition) is 2. The molecule has 0 aliphatic carbocycles. The van der Waals surface area contributed by atoms with E-state index < -0.39 is 0 Å². The van der Waals surface area contributed by atoms with E-state index >= 15 is 0 Å². The molecule has 0 amide bonds. The number of fused-ring (bicyclic) bond motifs is 2. The topological polar surface area (TPSA) is 25.8 Å². The molecule has 2 nitrogen and oxygen atoms in total. The minimum atomic E-state index is 1.16. The molecule has 0 radical (unpaired) electrons. The zero-order valence-corrected chi connectivity index (χ0v) is 14.1. The van der Waals surface area contributed by atoms with Crippen molar-refractivity contribution in [1.29, 1.82) is 0 Å². The number of nitrogens with zero attached hydrogens (tertiary/aromatic N) is 2. The summed E-state index contributed by atoms with van der Waals surface area (Å²) in [5, 5.41) is 4.77. The minimum Gasteiger partial charge on any atom is -0.263 e. The van der Waals surface area contributed by atoms with Gasteiger partial charge in [-0.1, -0.05) is 72.8 Å². The minimum absolute atomic E-state index is 1.16. The number of aromatic nitrogens is 2. The summed E-state index contributed by atoms with van der Waals surface area (Å²) in [5.41, 5.74) is 4.66. The van der Waals surface area contributed by atoms with Crippen molar-refractivity contribution in [1.82, 2.24) is 9.97 Å². The van der Waals surface area contributed by atoms with E-state index in [1.165, 1.54) is 21.9 Å². The molecule has 2 heteroatoms. The lowest BCUT2D eigenvalue weighted by atomic mass is 9.97. The van der Waals surface area contributed by atoms with Crippen LogP contribution in [-0.2, 0) is 0 Å². The van der Waals surface area contributed by atoms with Crippen LogP contribution in [-0.4, -0.2) is 9.97 Å². The average Bonchev–Trinajstić information content (AvgIpc) is 2.73. The Morgan fingerprint density at radius 3 is 1.31 bits per heavy atom. The SMILES string of the molecule is c1ccc2c(-c3ccc(-c4cncc5ccccc45)cc3)cncc2c1. The lowest BCUT2D eigenvalue weighted by Crippen LogP contribution is -1.86. The summed E-state index contributed by atoms with van der Waals surface area (Å²) in [5.74, 6) is 0. The predicted molar refractivity (Wildman–Crippen MR) is 108 cm³/mol. The molecule has 0 saturated carbocycles. The molecule has 0 N–H and O–H groups in total. The van der Waals surface area contributed by atoms with Crippen molar-refractivity contribution in [2.45, 2.75) is 0 Å². The van der Waals surface area contributed by atoms with E-state index in [9.17, 15) is 0 Å². The monoisotopic (exact) mass is 332 g/mol. The maximum Gasteiger partial charge on any atom is 0.0352 e. The van der Waals surface area contributed by atoms with E-state index in [2.05, 4.69) is 70.6 Å². The Hall–Kier alpha value is -3.52. The first kappa shape index (κ1) is 14.8. The maximum absolute atomic E-state index is 4.40. The van der Waals surface area contributed by atoms with Crippen molar-refractivity contribution in [3.05, 3.63) is 97.6 Å². The fourth-order valence-corrected chi connectivity index (χ4v) is 3.52. The molecule has 122 valence electrons. The highest BCUT2D eigenvalue weighted by atomic mass is 14.6. The molecule has 5 aromatic rings. The molecule has 0 spiro atoms. The largest absolute Gasteiger partial charge is 0.263 e. The normalized spacial score (nSPS) is 11.1. The third-order valence-electron chi connectivity index (χ3n) is 4.84. The second kappa shape index (κ2) is 6.08. The smallest absolute Gasteiger partial charge is 0.0352 e. The zero-order chi connectivity index (χ0) is 17.3. The van der Waals surface area contributed by atoms with Crippen LogP contribution in [0.3, 0.4) is 0 Å². The van der Waals surface area contributed by atoms with Gasteiger partial charge in [-0.25, -0.2) is 0 Å². The third-order valence-corrected chi connectivity index (χ3v) is 4.84. The zero-order valence-electron chi connectivity index (χ0n) is 14.1. The molecule has 26 heavy (non-hydrogen) atoms. The first-order valence-electron chi connectivity index (χ1n) is 8.66. The Bertz CT molecular complexity index is 1120. The highest BCUT2D eigenvalue weighted by molar-refractivity contribution is 5.98. The predicted octanol–water partition coefficient (Wildman–Crippen LogP) is 6.12. The molecule has 0 atom stereocenters. The van der Waals surface area contributed by atoms with Crippen molar-refractivity contribution in [3.8, 4) is 22.3 Å². The lowest BCUT2D eigenvalue weighted by molar-refractivity contribution is 1.36. The average molecular weight is 332 g/mol. The van der Waals surface area contributed by atoms with Gasteiger partial charge in [0.2, 0.25) is 0 Å². The second-order valence-electron chi connectivity index (χ2n) is 6.39. The first-order chi connectivity index (χ1) is 12.9. The summed E-state index contributed by atoms with van der Waals surface area (Å²) in [6, 6.07) is 25.4. The van der Waals surface area contributed by atoms with Crippen LogP contribution < -0.4 is 0 Å². The molecule has 0 aliphatic rings. The standard InChI is InChI=1S/C24H16N2/c1-3-7-21-19(5-1)13-25-15-23(21)17-9-11-18(12-10-17)24-16-26-14-20-6-2-4-8-22(20)24/h1-16H. The molecular formula is C24H16N2. The van der Waals surface area contributed by atoms with Gasteiger partial charge in [0.1, 0.15) is 0 Å². The van der Waals surface area contributed by atoms with Gasteiger partial charge in [0.05, 0.1) is 0 Å². The van der Waals surface area contributed by atoms with Gasteiger partial charge in [0, 0.05) is 46.7 Å². The Kier molecular flexibility index (Phi) is 3.46. The van der Waals surface area contributed by atoms with Crippen LogP contribution in [0.5, 0.6) is 0 Å². The number of benzene rings is 3. The van der Waals surface area contributed by atoms with Crippen molar-refractivity contribution < 1.29 is 0 Å². The first-order valence-corrected chi connectivity index (χ1v) is 8.66. The lowest BCUT2D eigenvalue weighted by Gasteiger charge is -2.09. The molecule has 2 aromatic heterocycles. The second-order valence-corrected chi connectivity index (χ2v) is 6.39. The van der Waals surface area contributed by atoms with Crippen LogP contribution in [0, 0.1) is 0 Å². The Morgan fingerprint density at radius 1 is 0.423 bits per heavy atom. The molecule has 0 saturated heterocycles. The molecule has 0 unspecified atom stereocenters. The van der Waals surface area contributed by atoms with Gasteiger partial charge < -0.3 is 0 Å². The van der Waals surface area contributed by atoms with Gasteiger partial charge in [0.15, 0.2) is 0 Å². The van der Waals surface area contributed by atoms with Crippen LogP contribution in [0.4, 0.5) is 0 Å². The molecular weight excluding hydrogens is 316 g/mol. The molecule has 0 bridgehead atoms. The van der Waals surface area contributed by atoms with Crippen LogP contribution in [0.15, 0.2) is 97.6 Å². The van der Waals surface area contributed by atoms with Gasteiger partial charge in [-0.15, -0.1) is 0 Å². The van der Waals surface area contributed by atoms with Gasteiger partial charge >= 0.3 is 0 Å². The Labute approximate surface area is 151 Å². The van der Waals surface area contributed by atoms with Crippen LogP contribution in [0.25, 0.3) is 43.8 Å². The maximum atomic E-state index is 4.40. The van der Waals surface area contributed by atoms with Gasteiger partial charge in [-0.2, -0.15) is 0 Å². The number of rotatable bonds is 2. The molecule has 2 heterocycles. The van der Waals surface area contributed by atoms with E-state index in [0.29, 0.717) is 0 Å². The number of hydrogen-bond donors (Lipinski definition) is 0. The highest BCUT2D eigenvalue weighted by Gasteiger charge is 2.07. The summed E-state index contributed by atoms with van der Waals surface area (Å²) in [6.07, 6.45) is 7.71. The van der Waals surface area contributed by atoms with Crippen molar-refractivity contribution in [2.75, 3.05) is 0 Å². The summed E-state index contributed by atoms with van der Waals surface area (Å²) >= 11 is 0. The number of pyridine rings is 2. The van der Waals surface area contributed by atoms with Gasteiger partial charge in [-0.3, -0.25) is 9.97 Å². The van der Waals surface area contributed by atoms with E-state index in [1.807, 2.05) is 36.9 Å². The van der Waals surface area contributed by atoms with Gasteiger partial charge in [0.25, 0.3) is 0 Å². The summed E-state index contributed by atoms with van der Waals surface area (Å²) in [6.45, 7) is 0. The Balaban J connectivity index is 1.63. The van der Waals surface area contributed by atoms with Crippen molar-refractivity contribution in [2.24, 2.45) is 0 Å². The fraction of sp³-hybridized carbons (Fsp3) is 0. The van der Waals surface area contributed by atoms with Gasteiger partial charge in [-0.05, 0) is 21.9 Å².